The van der Waals surface area contributed by atoms with E-state index in [1.165, 1.54) is 0 Å². The summed E-state index contributed by atoms with van der Waals surface area (Å²) in [6.07, 6.45) is 3.42. The van der Waals surface area contributed by atoms with E-state index in [2.05, 4.69) is 34.2 Å². The zero-order valence-electron chi connectivity index (χ0n) is 20.2. The van der Waals surface area contributed by atoms with E-state index in [0.29, 0.717) is 18.7 Å². The third-order valence-corrected chi connectivity index (χ3v) is 6.57. The fraction of sp³-hybridized carbons (Fsp3) is 0.296. The van der Waals surface area contributed by atoms with E-state index >= 15 is 0 Å². The maximum atomic E-state index is 13.6. The van der Waals surface area contributed by atoms with Crippen molar-refractivity contribution in [3.63, 3.8) is 0 Å². The molecule has 4 aromatic rings. The number of piperazine rings is 1. The lowest BCUT2D eigenvalue weighted by molar-refractivity contribution is 0.0498. The fourth-order valence-corrected chi connectivity index (χ4v) is 4.64. The van der Waals surface area contributed by atoms with Crippen LogP contribution in [0, 0.1) is 0 Å². The van der Waals surface area contributed by atoms with Crippen LogP contribution in [0.25, 0.3) is 11.0 Å². The summed E-state index contributed by atoms with van der Waals surface area (Å²) >= 11 is 0. The van der Waals surface area contributed by atoms with E-state index in [1.807, 2.05) is 52.0 Å². The minimum absolute atomic E-state index is 0.00315. The minimum atomic E-state index is -0.00840. The molecular formula is C27H29N5O3. The highest BCUT2D eigenvalue weighted by atomic mass is 16.5. The number of rotatable bonds is 6. The van der Waals surface area contributed by atoms with Gasteiger partial charge < -0.3 is 19.3 Å². The smallest absolute Gasteiger partial charge is 0.256 e. The monoisotopic (exact) mass is 471 g/mol. The summed E-state index contributed by atoms with van der Waals surface area (Å²) in [5.41, 5.74) is 3.40. The molecule has 1 aliphatic rings. The third-order valence-electron chi connectivity index (χ3n) is 6.57. The van der Waals surface area contributed by atoms with Gasteiger partial charge in [-0.3, -0.25) is 4.79 Å². The average molecular weight is 472 g/mol. The maximum absolute atomic E-state index is 13.6. The zero-order chi connectivity index (χ0) is 24.4. The van der Waals surface area contributed by atoms with Crippen LogP contribution in [0.1, 0.15) is 27.5 Å². The highest BCUT2D eigenvalue weighted by Gasteiger charge is 2.31. The van der Waals surface area contributed by atoms with Crippen molar-refractivity contribution >= 4 is 16.9 Å². The van der Waals surface area contributed by atoms with Gasteiger partial charge in [-0.25, -0.2) is 9.67 Å². The van der Waals surface area contributed by atoms with Crippen molar-refractivity contribution in [2.24, 2.45) is 0 Å². The van der Waals surface area contributed by atoms with Crippen molar-refractivity contribution in [1.29, 1.82) is 0 Å². The molecule has 5 rings (SSSR count). The summed E-state index contributed by atoms with van der Waals surface area (Å²) in [6.45, 7) is 2.80. The van der Waals surface area contributed by atoms with Crippen LogP contribution in [-0.2, 0) is 6.54 Å². The molecule has 35 heavy (non-hydrogen) atoms. The molecule has 0 N–H and O–H groups in total. The summed E-state index contributed by atoms with van der Waals surface area (Å²) < 4.78 is 12.6. The second-order valence-electron chi connectivity index (χ2n) is 8.80. The average Bonchev–Trinajstić information content (AvgIpc) is 3.30. The number of hydrogen-bond donors (Lipinski definition) is 0. The Morgan fingerprint density at radius 1 is 1.03 bits per heavy atom. The number of ether oxygens (including phenoxy) is 2. The number of fused-ring (bicyclic) bond motifs is 1. The normalized spacial score (nSPS) is 16.4. The van der Waals surface area contributed by atoms with Gasteiger partial charge in [0.1, 0.15) is 11.5 Å². The number of carbonyl (C=O) groups excluding carboxylic acids is 1. The molecule has 0 spiro atoms. The van der Waals surface area contributed by atoms with E-state index in [0.717, 1.165) is 46.7 Å². The summed E-state index contributed by atoms with van der Waals surface area (Å²) in [7, 11) is 5.36. The van der Waals surface area contributed by atoms with Gasteiger partial charge in [0.2, 0.25) is 0 Å². The Morgan fingerprint density at radius 2 is 1.86 bits per heavy atom. The Labute approximate surface area is 204 Å². The van der Waals surface area contributed by atoms with Gasteiger partial charge in [-0.2, -0.15) is 5.10 Å². The number of aromatic nitrogens is 3. The van der Waals surface area contributed by atoms with E-state index < -0.39 is 0 Å². The lowest BCUT2D eigenvalue weighted by Gasteiger charge is -2.40. The molecule has 1 saturated heterocycles. The van der Waals surface area contributed by atoms with Crippen LogP contribution in [0.4, 0.5) is 0 Å². The van der Waals surface area contributed by atoms with Crippen LogP contribution >= 0.6 is 0 Å². The first-order chi connectivity index (χ1) is 17.1. The van der Waals surface area contributed by atoms with Crippen molar-refractivity contribution in [2.75, 3.05) is 40.9 Å². The first-order valence-corrected chi connectivity index (χ1v) is 11.6. The van der Waals surface area contributed by atoms with Crippen LogP contribution in [0.15, 0.2) is 67.0 Å². The van der Waals surface area contributed by atoms with Gasteiger partial charge in [-0.1, -0.05) is 30.3 Å². The summed E-state index contributed by atoms with van der Waals surface area (Å²) in [5.74, 6) is 1.45. The quantitative estimate of drug-likeness (QED) is 0.428. The topological polar surface area (TPSA) is 72.7 Å². The predicted octanol–water partition coefficient (Wildman–Crippen LogP) is 3.63. The fourth-order valence-electron chi connectivity index (χ4n) is 4.64. The number of benzene rings is 2. The van der Waals surface area contributed by atoms with Gasteiger partial charge in [0, 0.05) is 42.8 Å². The molecule has 2 aromatic carbocycles. The molecule has 0 aliphatic carbocycles. The Bertz CT molecular complexity index is 1340. The molecule has 1 atom stereocenters. The van der Waals surface area contributed by atoms with Gasteiger partial charge in [0.25, 0.3) is 5.91 Å². The molecule has 3 heterocycles. The first kappa shape index (κ1) is 22.9. The van der Waals surface area contributed by atoms with Crippen LogP contribution in [0.2, 0.25) is 0 Å². The molecular weight excluding hydrogens is 442 g/mol. The molecule has 8 heteroatoms. The number of carbonyl (C=O) groups is 1. The number of pyridine rings is 1. The summed E-state index contributed by atoms with van der Waals surface area (Å²) in [4.78, 5) is 22.4. The maximum Gasteiger partial charge on any atom is 0.256 e. The molecule has 0 radical (unpaired) electrons. The van der Waals surface area contributed by atoms with E-state index in [4.69, 9.17) is 9.47 Å². The van der Waals surface area contributed by atoms with Crippen molar-refractivity contribution in [1.82, 2.24) is 24.6 Å². The van der Waals surface area contributed by atoms with Gasteiger partial charge in [0.05, 0.1) is 38.6 Å². The number of methoxy groups -OCH3 is 2. The molecule has 0 saturated carbocycles. The summed E-state index contributed by atoms with van der Waals surface area (Å²) in [5, 5.41) is 5.36. The summed E-state index contributed by atoms with van der Waals surface area (Å²) in [6, 6.07) is 17.8. The highest BCUT2D eigenvalue weighted by Crippen LogP contribution is 2.28. The van der Waals surface area contributed by atoms with Gasteiger partial charge >= 0.3 is 0 Å². The molecule has 2 aromatic heterocycles. The third kappa shape index (κ3) is 4.57. The van der Waals surface area contributed by atoms with Crippen LogP contribution in [0.3, 0.4) is 0 Å². The zero-order valence-corrected chi connectivity index (χ0v) is 20.2. The van der Waals surface area contributed by atoms with Gasteiger partial charge in [-0.05, 0) is 30.8 Å². The van der Waals surface area contributed by atoms with Crippen molar-refractivity contribution in [2.45, 2.75) is 12.6 Å². The molecule has 0 bridgehead atoms. The number of nitrogens with zero attached hydrogens (tertiary/aromatic N) is 5. The minimum Gasteiger partial charge on any atom is -0.497 e. The largest absolute Gasteiger partial charge is 0.497 e. The highest BCUT2D eigenvalue weighted by molar-refractivity contribution is 5.97. The second-order valence-corrected chi connectivity index (χ2v) is 8.80. The molecule has 8 nitrogen and oxygen atoms in total. The van der Waals surface area contributed by atoms with Gasteiger partial charge in [-0.15, -0.1) is 0 Å². The molecule has 180 valence electrons. The van der Waals surface area contributed by atoms with E-state index in [1.54, 1.807) is 26.6 Å². The molecule has 1 unspecified atom stereocenters. The molecule has 1 fully saturated rings. The standard InChI is InChI=1S/C27H29N5O3/c1-30-11-12-31(24(18-30)19-7-5-4-6-8-19)27(33)22-13-21-16-29-32(26(21)28-15-22)17-20-9-10-23(34-2)14-25(20)35-3/h4-10,13-16,24H,11-12,17-18H2,1-3H3. The number of likely N-dealkylation sites (N-methyl/N-ethyl adjacent to an activating group) is 1. The SMILES string of the molecule is COc1ccc(Cn2ncc3cc(C(=O)N4CCN(C)CC4c4ccccc4)cnc32)c(OC)c1. The number of hydrogen-bond acceptors (Lipinski definition) is 6. The van der Waals surface area contributed by atoms with Crippen molar-refractivity contribution in [3.05, 3.63) is 83.7 Å². The van der Waals surface area contributed by atoms with E-state index in [9.17, 15) is 4.79 Å². The molecule has 1 amide bonds. The Hall–Kier alpha value is -3.91. The molecule has 1 aliphatic heterocycles. The Kier molecular flexibility index (Phi) is 6.37. The Morgan fingerprint density at radius 3 is 2.63 bits per heavy atom. The van der Waals surface area contributed by atoms with Crippen LogP contribution in [0.5, 0.6) is 11.5 Å². The lowest BCUT2D eigenvalue weighted by atomic mass is 10.0. The van der Waals surface area contributed by atoms with Gasteiger partial charge in [0.15, 0.2) is 5.65 Å². The number of amides is 1. The van der Waals surface area contributed by atoms with Crippen molar-refractivity contribution in [3.8, 4) is 11.5 Å². The second kappa shape index (κ2) is 9.76. The first-order valence-electron chi connectivity index (χ1n) is 11.6. The van der Waals surface area contributed by atoms with Crippen LogP contribution < -0.4 is 9.47 Å². The van der Waals surface area contributed by atoms with E-state index in [-0.39, 0.29) is 11.9 Å². The van der Waals surface area contributed by atoms with Crippen LogP contribution in [-0.4, -0.2) is 71.4 Å². The van der Waals surface area contributed by atoms with Crippen molar-refractivity contribution < 1.29 is 14.3 Å². The predicted molar refractivity (Wildman–Crippen MR) is 134 cm³/mol. The lowest BCUT2D eigenvalue weighted by Crippen LogP contribution is -2.49. The Balaban J connectivity index is 1.41.